The lowest BCUT2D eigenvalue weighted by atomic mass is 9.89. The molecule has 1 aromatic carbocycles. The first kappa shape index (κ1) is 25.6. The number of anilines is 1. The number of benzene rings is 1. The maximum absolute atomic E-state index is 13.2. The fourth-order valence-corrected chi connectivity index (χ4v) is 4.57. The summed E-state index contributed by atoms with van der Waals surface area (Å²) in [6.45, 7) is 2.89. The summed E-state index contributed by atoms with van der Waals surface area (Å²) in [5.41, 5.74) is 3.67. The number of furan rings is 1. The van der Waals surface area contributed by atoms with E-state index in [0.29, 0.717) is 37.2 Å². The van der Waals surface area contributed by atoms with Gasteiger partial charge in [0.2, 0.25) is 5.91 Å². The van der Waals surface area contributed by atoms with Crippen LogP contribution in [-0.2, 0) is 4.79 Å². The molecule has 0 aliphatic carbocycles. The number of carbonyl (C=O) groups excluding carboxylic acids is 2. The number of carbonyl (C=O) groups is 2. The van der Waals surface area contributed by atoms with E-state index in [2.05, 4.69) is 10.3 Å². The molecule has 1 aliphatic heterocycles. The van der Waals surface area contributed by atoms with E-state index in [1.165, 1.54) is 24.3 Å². The van der Waals surface area contributed by atoms with Gasteiger partial charge in [0, 0.05) is 54.5 Å². The molecule has 4 heterocycles. The Morgan fingerprint density at radius 1 is 1.10 bits per heavy atom. The standard InChI is InChI=1S/C28H26N6O5/c1-19-2-9-24(28(36)31-21-3-5-22(6-4-21)33-17-14-29-18-33)27(30-19)20-12-15-32(16-13-20)25(35)10-7-23-8-11-26(39-23)34(37)38/h2-11,14,17-18,20H,12-13,15-16H2,1H3,(H,31,36). The van der Waals surface area contributed by atoms with Crippen LogP contribution in [0.5, 0.6) is 0 Å². The number of piperidine rings is 1. The molecule has 0 radical (unpaired) electrons. The molecule has 5 rings (SSSR count). The van der Waals surface area contributed by atoms with Crippen LogP contribution in [0.15, 0.2) is 77.7 Å². The number of nitrogens with one attached hydrogen (secondary N) is 1. The number of nitrogens with zero attached hydrogens (tertiary/aromatic N) is 5. The summed E-state index contributed by atoms with van der Waals surface area (Å²) < 4.78 is 6.94. The Morgan fingerprint density at radius 2 is 1.87 bits per heavy atom. The van der Waals surface area contributed by atoms with Gasteiger partial charge in [0.1, 0.15) is 10.7 Å². The van der Waals surface area contributed by atoms with Crippen molar-refractivity contribution in [2.75, 3.05) is 18.4 Å². The molecule has 11 nitrogen and oxygen atoms in total. The van der Waals surface area contributed by atoms with Gasteiger partial charge in [-0.25, -0.2) is 4.98 Å². The highest BCUT2D eigenvalue weighted by molar-refractivity contribution is 6.05. The second kappa shape index (κ2) is 11.1. The zero-order chi connectivity index (χ0) is 27.4. The minimum Gasteiger partial charge on any atom is -0.401 e. The SMILES string of the molecule is Cc1ccc(C(=O)Nc2ccc(-n3ccnc3)cc2)c(C2CCN(C(=O)C=Cc3ccc([N+](=O)[O-])o3)CC2)n1. The zero-order valence-corrected chi connectivity index (χ0v) is 21.2. The van der Waals surface area contributed by atoms with Crippen LogP contribution < -0.4 is 5.32 Å². The van der Waals surface area contributed by atoms with Crippen LogP contribution in [0.4, 0.5) is 11.6 Å². The first-order chi connectivity index (χ1) is 18.9. The predicted octanol–water partition coefficient (Wildman–Crippen LogP) is 4.75. The van der Waals surface area contributed by atoms with E-state index >= 15 is 0 Å². The van der Waals surface area contributed by atoms with Crippen molar-refractivity contribution in [3.8, 4) is 5.69 Å². The van der Waals surface area contributed by atoms with Crippen molar-refractivity contribution >= 4 is 29.5 Å². The zero-order valence-electron chi connectivity index (χ0n) is 21.2. The van der Waals surface area contributed by atoms with Crippen LogP contribution in [-0.4, -0.2) is 49.3 Å². The molecule has 1 fully saturated rings. The van der Waals surface area contributed by atoms with E-state index in [-0.39, 0.29) is 29.4 Å². The Bertz CT molecular complexity index is 1520. The molecule has 2 amide bonds. The highest BCUT2D eigenvalue weighted by Crippen LogP contribution is 2.30. The summed E-state index contributed by atoms with van der Waals surface area (Å²) in [7, 11) is 0. The molecule has 1 saturated heterocycles. The second-order valence-corrected chi connectivity index (χ2v) is 9.22. The van der Waals surface area contributed by atoms with Crippen molar-refractivity contribution < 1.29 is 18.9 Å². The van der Waals surface area contributed by atoms with Crippen LogP contribution in [0.2, 0.25) is 0 Å². The molecule has 0 spiro atoms. The van der Waals surface area contributed by atoms with Crippen LogP contribution >= 0.6 is 0 Å². The molecule has 39 heavy (non-hydrogen) atoms. The summed E-state index contributed by atoms with van der Waals surface area (Å²) in [6, 6.07) is 13.8. The molecule has 0 unspecified atom stereocenters. The van der Waals surface area contributed by atoms with Gasteiger partial charge in [-0.15, -0.1) is 0 Å². The largest absolute Gasteiger partial charge is 0.433 e. The quantitative estimate of drug-likeness (QED) is 0.208. The molecule has 1 aliphatic rings. The molecule has 11 heteroatoms. The number of hydrogen-bond donors (Lipinski definition) is 1. The third-order valence-electron chi connectivity index (χ3n) is 6.61. The van der Waals surface area contributed by atoms with Gasteiger partial charge in [-0.2, -0.15) is 0 Å². The first-order valence-electron chi connectivity index (χ1n) is 12.5. The Hall–Kier alpha value is -5.06. The molecular weight excluding hydrogens is 500 g/mol. The van der Waals surface area contributed by atoms with Crippen molar-refractivity contribution in [1.82, 2.24) is 19.4 Å². The number of aryl methyl sites for hydroxylation is 1. The predicted molar refractivity (Wildman–Crippen MR) is 143 cm³/mol. The van der Waals surface area contributed by atoms with Crippen molar-refractivity contribution in [1.29, 1.82) is 0 Å². The van der Waals surface area contributed by atoms with Crippen LogP contribution in [0.25, 0.3) is 11.8 Å². The number of nitro groups is 1. The second-order valence-electron chi connectivity index (χ2n) is 9.22. The van der Waals surface area contributed by atoms with Gasteiger partial charge in [-0.1, -0.05) is 0 Å². The third kappa shape index (κ3) is 5.93. The number of pyridine rings is 1. The van der Waals surface area contributed by atoms with Crippen molar-refractivity contribution in [3.05, 3.63) is 106 Å². The lowest BCUT2D eigenvalue weighted by Crippen LogP contribution is -2.37. The third-order valence-corrected chi connectivity index (χ3v) is 6.61. The Balaban J connectivity index is 1.23. The topological polar surface area (TPSA) is 136 Å². The van der Waals surface area contributed by atoms with E-state index < -0.39 is 4.92 Å². The van der Waals surface area contributed by atoms with Gasteiger partial charge in [0.15, 0.2) is 0 Å². The highest BCUT2D eigenvalue weighted by Gasteiger charge is 2.27. The maximum Gasteiger partial charge on any atom is 0.433 e. The summed E-state index contributed by atoms with van der Waals surface area (Å²) >= 11 is 0. The van der Waals surface area contributed by atoms with Crippen LogP contribution in [0.3, 0.4) is 0 Å². The number of imidazole rings is 1. The smallest absolute Gasteiger partial charge is 0.401 e. The minimum absolute atomic E-state index is 0.0232. The lowest BCUT2D eigenvalue weighted by Gasteiger charge is -2.31. The Kier molecular flexibility index (Phi) is 7.30. The van der Waals surface area contributed by atoms with Gasteiger partial charge in [0.05, 0.1) is 23.7 Å². The number of rotatable bonds is 7. The molecule has 0 saturated carbocycles. The average molecular weight is 527 g/mol. The molecule has 0 atom stereocenters. The minimum atomic E-state index is -0.628. The molecule has 3 aromatic heterocycles. The van der Waals surface area contributed by atoms with E-state index in [1.54, 1.807) is 23.5 Å². The summed E-state index contributed by atoms with van der Waals surface area (Å²) in [6.07, 6.45) is 9.35. The Morgan fingerprint density at radius 3 is 2.54 bits per heavy atom. The van der Waals surface area contributed by atoms with Crippen molar-refractivity contribution in [2.45, 2.75) is 25.7 Å². The number of likely N-dealkylation sites (tertiary alicyclic amines) is 1. The van der Waals surface area contributed by atoms with Gasteiger partial charge in [-0.05, 0) is 68.3 Å². The number of amides is 2. The summed E-state index contributed by atoms with van der Waals surface area (Å²) in [5.74, 6) is -0.556. The molecule has 1 N–H and O–H groups in total. The van der Waals surface area contributed by atoms with Gasteiger partial charge in [0.25, 0.3) is 5.91 Å². The monoisotopic (exact) mass is 526 g/mol. The molecule has 4 aromatic rings. The van der Waals surface area contributed by atoms with Crippen molar-refractivity contribution in [2.24, 2.45) is 0 Å². The summed E-state index contributed by atoms with van der Waals surface area (Å²) in [5, 5.41) is 13.7. The van der Waals surface area contributed by atoms with Gasteiger partial charge >= 0.3 is 5.88 Å². The number of aromatic nitrogens is 3. The first-order valence-corrected chi connectivity index (χ1v) is 12.5. The fraction of sp³-hybridized carbons (Fsp3) is 0.214. The maximum atomic E-state index is 13.2. The Labute approximate surface area is 223 Å². The average Bonchev–Trinajstić information content (AvgIpc) is 3.65. The van der Waals surface area contributed by atoms with Crippen molar-refractivity contribution in [3.63, 3.8) is 0 Å². The molecule has 198 valence electrons. The van der Waals surface area contributed by atoms with Crippen LogP contribution in [0, 0.1) is 17.0 Å². The van der Waals surface area contributed by atoms with E-state index in [9.17, 15) is 19.7 Å². The normalized spacial score (nSPS) is 14.0. The van der Waals surface area contributed by atoms with E-state index in [1.807, 2.05) is 48.0 Å². The van der Waals surface area contributed by atoms with Gasteiger partial charge in [-0.3, -0.25) is 24.7 Å². The highest BCUT2D eigenvalue weighted by atomic mass is 16.6. The van der Waals surface area contributed by atoms with E-state index in [4.69, 9.17) is 9.40 Å². The molecular formula is C28H26N6O5. The fourth-order valence-electron chi connectivity index (χ4n) is 4.57. The summed E-state index contributed by atoms with van der Waals surface area (Å²) in [4.78, 5) is 46.5. The van der Waals surface area contributed by atoms with E-state index in [0.717, 1.165) is 17.1 Å². The van der Waals surface area contributed by atoms with Gasteiger partial charge < -0.3 is 19.2 Å². The lowest BCUT2D eigenvalue weighted by molar-refractivity contribution is -0.402. The van der Waals surface area contributed by atoms with Crippen LogP contribution in [0.1, 0.15) is 46.3 Å². The number of hydrogen-bond acceptors (Lipinski definition) is 7. The molecule has 0 bridgehead atoms.